The number of hydrogen-bond donors (Lipinski definition) is 1. The first-order valence-electron chi connectivity index (χ1n) is 13.1. The number of halogens is 1. The molecule has 9 nitrogen and oxygen atoms in total. The van der Waals surface area contributed by atoms with E-state index >= 15 is 0 Å². The lowest BCUT2D eigenvalue weighted by atomic mass is 10.0. The van der Waals surface area contributed by atoms with Crippen molar-refractivity contribution < 1.29 is 27.5 Å². The molecule has 1 N–H and O–H groups in total. The van der Waals surface area contributed by atoms with Crippen LogP contribution in [0.1, 0.15) is 17.2 Å². The molecule has 1 heterocycles. The van der Waals surface area contributed by atoms with Gasteiger partial charge in [-0.25, -0.2) is 8.42 Å². The second kappa shape index (κ2) is 14.3. The van der Waals surface area contributed by atoms with Gasteiger partial charge in [0.1, 0.15) is 11.8 Å². The Morgan fingerprint density at radius 2 is 1.68 bits per heavy atom. The third kappa shape index (κ3) is 7.95. The van der Waals surface area contributed by atoms with Gasteiger partial charge in [0, 0.05) is 31.2 Å². The SMILES string of the molecule is C=CCNC(=O)C(c1ccccc1)N(Cc1ccc(Cl)cc1)C(=O)COc1ccc(S(=O)(=O)N2CCOCC2)cc1. The van der Waals surface area contributed by atoms with Crippen LogP contribution in [0.3, 0.4) is 0 Å². The molecule has 1 aliphatic heterocycles. The molecular formula is C30H32ClN3O6S. The topological polar surface area (TPSA) is 105 Å². The van der Waals surface area contributed by atoms with E-state index < -0.39 is 22.0 Å². The Balaban J connectivity index is 1.55. The summed E-state index contributed by atoms with van der Waals surface area (Å²) in [6, 6.07) is 21.0. The maximum atomic E-state index is 13.7. The van der Waals surface area contributed by atoms with Crippen molar-refractivity contribution >= 4 is 33.4 Å². The van der Waals surface area contributed by atoms with Gasteiger partial charge in [-0.05, 0) is 47.5 Å². The van der Waals surface area contributed by atoms with Gasteiger partial charge in [-0.1, -0.05) is 60.1 Å². The molecule has 1 aliphatic rings. The van der Waals surface area contributed by atoms with Crippen molar-refractivity contribution in [2.75, 3.05) is 39.5 Å². The van der Waals surface area contributed by atoms with E-state index in [4.69, 9.17) is 21.1 Å². The number of morpholine rings is 1. The summed E-state index contributed by atoms with van der Waals surface area (Å²) in [4.78, 5) is 28.6. The quantitative estimate of drug-likeness (QED) is 0.318. The second-order valence-corrected chi connectivity index (χ2v) is 11.6. The molecule has 0 radical (unpaired) electrons. The number of nitrogens with one attached hydrogen (secondary N) is 1. The molecular weight excluding hydrogens is 566 g/mol. The highest BCUT2D eigenvalue weighted by atomic mass is 35.5. The van der Waals surface area contributed by atoms with Crippen molar-refractivity contribution in [3.05, 3.63) is 108 Å². The van der Waals surface area contributed by atoms with Crippen molar-refractivity contribution in [1.29, 1.82) is 0 Å². The summed E-state index contributed by atoms with van der Waals surface area (Å²) >= 11 is 6.06. The van der Waals surface area contributed by atoms with Crippen LogP contribution in [0.2, 0.25) is 5.02 Å². The molecule has 3 aromatic carbocycles. The van der Waals surface area contributed by atoms with E-state index in [0.29, 0.717) is 42.6 Å². The summed E-state index contributed by atoms with van der Waals surface area (Å²) in [7, 11) is -3.66. The van der Waals surface area contributed by atoms with E-state index in [2.05, 4.69) is 11.9 Å². The number of nitrogens with zero attached hydrogens (tertiary/aromatic N) is 2. The van der Waals surface area contributed by atoms with Crippen LogP contribution < -0.4 is 10.1 Å². The van der Waals surface area contributed by atoms with Gasteiger partial charge in [0.15, 0.2) is 6.61 Å². The van der Waals surface area contributed by atoms with Crippen LogP contribution in [0.15, 0.2) is 96.4 Å². The average molecular weight is 598 g/mol. The summed E-state index contributed by atoms with van der Waals surface area (Å²) in [5.74, 6) is -0.484. The summed E-state index contributed by atoms with van der Waals surface area (Å²) in [5, 5.41) is 3.35. The Bertz CT molecular complexity index is 1430. The predicted molar refractivity (Wildman–Crippen MR) is 156 cm³/mol. The number of hydrogen-bond acceptors (Lipinski definition) is 6. The first-order chi connectivity index (χ1) is 19.8. The normalized spacial score (nSPS) is 14.6. The van der Waals surface area contributed by atoms with E-state index in [9.17, 15) is 18.0 Å². The first kappa shape index (κ1) is 30.3. The molecule has 41 heavy (non-hydrogen) atoms. The van der Waals surface area contributed by atoms with E-state index in [1.54, 1.807) is 54.6 Å². The first-order valence-corrected chi connectivity index (χ1v) is 14.9. The minimum atomic E-state index is -3.66. The smallest absolute Gasteiger partial charge is 0.261 e. The second-order valence-electron chi connectivity index (χ2n) is 9.27. The van der Waals surface area contributed by atoms with Gasteiger partial charge >= 0.3 is 0 Å². The molecule has 1 unspecified atom stereocenters. The minimum absolute atomic E-state index is 0.122. The molecule has 1 atom stereocenters. The number of amides is 2. The summed E-state index contributed by atoms with van der Waals surface area (Å²) in [6.45, 7) is 4.93. The third-order valence-electron chi connectivity index (χ3n) is 6.48. The van der Waals surface area contributed by atoms with Crippen molar-refractivity contribution in [1.82, 2.24) is 14.5 Å². The number of carbonyl (C=O) groups excluding carboxylic acids is 2. The molecule has 0 aromatic heterocycles. The molecule has 0 spiro atoms. The van der Waals surface area contributed by atoms with Gasteiger partial charge in [-0.3, -0.25) is 9.59 Å². The van der Waals surface area contributed by atoms with Gasteiger partial charge in [0.25, 0.3) is 5.91 Å². The number of benzene rings is 3. The highest BCUT2D eigenvalue weighted by Gasteiger charge is 2.32. The Morgan fingerprint density at radius 1 is 1.02 bits per heavy atom. The molecule has 11 heteroatoms. The molecule has 1 saturated heterocycles. The predicted octanol–water partition coefficient (Wildman–Crippen LogP) is 3.81. The number of ether oxygens (including phenoxy) is 2. The van der Waals surface area contributed by atoms with Crippen LogP contribution in [0.25, 0.3) is 0 Å². The van der Waals surface area contributed by atoms with Gasteiger partial charge < -0.3 is 19.7 Å². The van der Waals surface area contributed by atoms with Crippen molar-refractivity contribution in [3.8, 4) is 5.75 Å². The highest BCUT2D eigenvalue weighted by Crippen LogP contribution is 2.26. The molecule has 3 aromatic rings. The van der Waals surface area contributed by atoms with Crippen LogP contribution in [0.4, 0.5) is 0 Å². The van der Waals surface area contributed by atoms with Gasteiger partial charge in [-0.15, -0.1) is 6.58 Å². The summed E-state index contributed by atoms with van der Waals surface area (Å²) in [6.07, 6.45) is 1.57. The van der Waals surface area contributed by atoms with Crippen LogP contribution in [0, 0.1) is 0 Å². The Labute approximate surface area is 245 Å². The maximum absolute atomic E-state index is 13.7. The molecule has 4 rings (SSSR count). The number of carbonyl (C=O) groups is 2. The highest BCUT2D eigenvalue weighted by molar-refractivity contribution is 7.89. The molecule has 0 saturated carbocycles. The fourth-order valence-electron chi connectivity index (χ4n) is 4.36. The van der Waals surface area contributed by atoms with Crippen molar-refractivity contribution in [2.24, 2.45) is 0 Å². The lowest BCUT2D eigenvalue weighted by Gasteiger charge is -2.31. The van der Waals surface area contributed by atoms with E-state index in [1.807, 2.05) is 6.07 Å². The molecule has 0 bridgehead atoms. The summed E-state index contributed by atoms with van der Waals surface area (Å²) < 4.78 is 38.2. The lowest BCUT2D eigenvalue weighted by molar-refractivity contribution is -0.143. The van der Waals surface area contributed by atoms with Gasteiger partial charge in [0.2, 0.25) is 15.9 Å². The molecule has 216 valence electrons. The standard InChI is InChI=1S/C30H32ClN3O6S/c1-2-16-32-30(36)29(24-6-4-3-5-7-24)34(21-23-8-10-25(31)11-9-23)28(35)22-40-26-12-14-27(15-13-26)41(37,38)33-17-19-39-20-18-33/h2-15,29H,1,16-22H2,(H,32,36). The Hall–Kier alpha value is -3.70. The van der Waals surface area contributed by atoms with Gasteiger partial charge in [0.05, 0.1) is 18.1 Å². The van der Waals surface area contributed by atoms with E-state index in [0.717, 1.165) is 5.56 Å². The Morgan fingerprint density at radius 3 is 2.32 bits per heavy atom. The van der Waals surface area contributed by atoms with Crippen LogP contribution in [-0.4, -0.2) is 68.9 Å². The number of rotatable bonds is 12. The average Bonchev–Trinajstić information content (AvgIpc) is 3.00. The van der Waals surface area contributed by atoms with Crippen LogP contribution >= 0.6 is 11.6 Å². The zero-order valence-electron chi connectivity index (χ0n) is 22.4. The summed E-state index contributed by atoms with van der Waals surface area (Å²) in [5.41, 5.74) is 1.41. The van der Waals surface area contributed by atoms with Gasteiger partial charge in [-0.2, -0.15) is 4.31 Å². The van der Waals surface area contributed by atoms with Crippen LogP contribution in [0.5, 0.6) is 5.75 Å². The fraction of sp³-hybridized carbons (Fsp3) is 0.267. The van der Waals surface area contributed by atoms with Crippen molar-refractivity contribution in [2.45, 2.75) is 17.5 Å². The zero-order valence-corrected chi connectivity index (χ0v) is 24.0. The Kier molecular flexibility index (Phi) is 10.5. The fourth-order valence-corrected chi connectivity index (χ4v) is 5.89. The number of sulfonamides is 1. The zero-order chi connectivity index (χ0) is 29.2. The molecule has 0 aliphatic carbocycles. The van der Waals surface area contributed by atoms with E-state index in [-0.39, 0.29) is 30.5 Å². The largest absolute Gasteiger partial charge is 0.484 e. The maximum Gasteiger partial charge on any atom is 0.261 e. The third-order valence-corrected chi connectivity index (χ3v) is 8.64. The van der Waals surface area contributed by atoms with Crippen LogP contribution in [-0.2, 0) is 30.9 Å². The van der Waals surface area contributed by atoms with E-state index in [1.165, 1.54) is 33.5 Å². The lowest BCUT2D eigenvalue weighted by Crippen LogP contribution is -2.45. The monoisotopic (exact) mass is 597 g/mol. The molecule has 1 fully saturated rings. The van der Waals surface area contributed by atoms with Crippen molar-refractivity contribution in [3.63, 3.8) is 0 Å². The molecule has 2 amide bonds. The minimum Gasteiger partial charge on any atom is -0.484 e.